The molecule has 0 unspecified atom stereocenters. The zero-order valence-electron chi connectivity index (χ0n) is 16.3. The Kier molecular flexibility index (Phi) is 6.12. The van der Waals surface area contributed by atoms with E-state index in [9.17, 15) is 4.79 Å². The van der Waals surface area contributed by atoms with E-state index in [1.165, 1.54) is 5.56 Å². The lowest BCUT2D eigenvalue weighted by molar-refractivity contribution is -0.120. The monoisotopic (exact) mass is 365 g/mol. The molecule has 0 saturated carbocycles. The first-order valence-electron chi connectivity index (χ1n) is 9.49. The fourth-order valence-corrected chi connectivity index (χ4v) is 3.11. The van der Waals surface area contributed by atoms with Crippen LogP contribution in [0, 0.1) is 13.8 Å². The van der Waals surface area contributed by atoms with Crippen LogP contribution in [0.4, 0.5) is 0 Å². The summed E-state index contributed by atoms with van der Waals surface area (Å²) in [5, 5.41) is 2.92. The summed E-state index contributed by atoms with van der Waals surface area (Å²) in [5.74, 6) is 1.96. The molecule has 142 valence electrons. The second-order valence-corrected chi connectivity index (χ2v) is 6.74. The van der Waals surface area contributed by atoms with E-state index in [1.807, 2.05) is 25.1 Å². The van der Waals surface area contributed by atoms with E-state index in [0.717, 1.165) is 28.2 Å². The molecule has 0 radical (unpaired) electrons. The molecule has 0 bridgehead atoms. The van der Waals surface area contributed by atoms with Crippen molar-refractivity contribution in [2.75, 3.05) is 13.2 Å². The normalized spacial score (nSPS) is 10.9. The summed E-state index contributed by atoms with van der Waals surface area (Å²) in [6.07, 6.45) is 1.20. The maximum absolute atomic E-state index is 11.5. The van der Waals surface area contributed by atoms with Crippen LogP contribution in [0.25, 0.3) is 11.0 Å². The number of carbonyl (C=O) groups is 1. The van der Waals surface area contributed by atoms with Gasteiger partial charge in [-0.05, 0) is 43.2 Å². The first kappa shape index (κ1) is 19.0. The lowest BCUT2D eigenvalue weighted by atomic mass is 10.1. The summed E-state index contributed by atoms with van der Waals surface area (Å²) < 4.78 is 8.23. The average molecular weight is 365 g/mol. The number of nitrogens with zero attached hydrogens (tertiary/aromatic N) is 2. The number of rotatable bonds is 8. The molecule has 3 rings (SSSR count). The largest absolute Gasteiger partial charge is 0.491 e. The van der Waals surface area contributed by atoms with Crippen LogP contribution >= 0.6 is 0 Å². The number of nitrogens with one attached hydrogen (secondary N) is 1. The van der Waals surface area contributed by atoms with Gasteiger partial charge < -0.3 is 14.6 Å². The molecule has 0 atom stereocenters. The van der Waals surface area contributed by atoms with Gasteiger partial charge in [-0.15, -0.1) is 0 Å². The lowest BCUT2D eigenvalue weighted by Gasteiger charge is -2.13. The third-order valence-corrected chi connectivity index (χ3v) is 4.64. The highest BCUT2D eigenvalue weighted by atomic mass is 16.5. The molecule has 0 aliphatic rings. The van der Waals surface area contributed by atoms with Crippen molar-refractivity contribution in [3.8, 4) is 5.75 Å². The van der Waals surface area contributed by atoms with Crippen LogP contribution in [0.2, 0.25) is 0 Å². The van der Waals surface area contributed by atoms with E-state index in [1.54, 1.807) is 0 Å². The molecule has 27 heavy (non-hydrogen) atoms. The molecule has 0 spiro atoms. The average Bonchev–Trinajstić information content (AvgIpc) is 3.02. The summed E-state index contributed by atoms with van der Waals surface area (Å²) in [7, 11) is 0. The van der Waals surface area contributed by atoms with Gasteiger partial charge in [-0.1, -0.05) is 31.2 Å². The van der Waals surface area contributed by atoms with Crippen molar-refractivity contribution < 1.29 is 9.53 Å². The predicted molar refractivity (Wildman–Crippen MR) is 108 cm³/mol. The van der Waals surface area contributed by atoms with Gasteiger partial charge in [0.2, 0.25) is 5.91 Å². The molecule has 0 fully saturated rings. The summed E-state index contributed by atoms with van der Waals surface area (Å²) in [6.45, 7) is 7.86. The Labute approximate surface area is 160 Å². The van der Waals surface area contributed by atoms with Crippen molar-refractivity contribution in [2.45, 2.75) is 40.2 Å². The molecule has 1 aromatic heterocycles. The van der Waals surface area contributed by atoms with Crippen molar-refractivity contribution in [1.29, 1.82) is 0 Å². The van der Waals surface area contributed by atoms with Gasteiger partial charge >= 0.3 is 0 Å². The molecular formula is C22H27N3O2. The molecule has 1 N–H and O–H groups in total. The molecule has 0 aliphatic carbocycles. The Morgan fingerprint density at radius 3 is 2.81 bits per heavy atom. The quantitative estimate of drug-likeness (QED) is 0.661. The van der Waals surface area contributed by atoms with Crippen molar-refractivity contribution in [1.82, 2.24) is 14.9 Å². The van der Waals surface area contributed by atoms with Gasteiger partial charge in [-0.2, -0.15) is 0 Å². The van der Waals surface area contributed by atoms with Gasteiger partial charge in [0.05, 0.1) is 17.6 Å². The minimum atomic E-state index is 0.0657. The van der Waals surface area contributed by atoms with E-state index < -0.39 is 0 Å². The van der Waals surface area contributed by atoms with Gasteiger partial charge in [0, 0.05) is 19.4 Å². The van der Waals surface area contributed by atoms with Crippen LogP contribution in [0.5, 0.6) is 5.75 Å². The summed E-state index contributed by atoms with van der Waals surface area (Å²) >= 11 is 0. The van der Waals surface area contributed by atoms with E-state index >= 15 is 0 Å². The maximum atomic E-state index is 11.5. The van der Waals surface area contributed by atoms with Crippen molar-refractivity contribution >= 4 is 16.9 Å². The summed E-state index contributed by atoms with van der Waals surface area (Å²) in [6, 6.07) is 14.4. The number of imidazole rings is 1. The number of aromatic nitrogens is 2. The maximum Gasteiger partial charge on any atom is 0.219 e. The number of aryl methyl sites for hydroxylation is 2. The fraction of sp³-hybridized carbons (Fsp3) is 0.364. The van der Waals surface area contributed by atoms with Crippen LogP contribution in [0.15, 0.2) is 42.5 Å². The van der Waals surface area contributed by atoms with Crippen molar-refractivity contribution in [3.63, 3.8) is 0 Å². The van der Waals surface area contributed by atoms with Gasteiger partial charge in [-0.25, -0.2) is 4.98 Å². The Bertz CT molecular complexity index is 930. The highest BCUT2D eigenvalue weighted by Gasteiger charge is 2.11. The molecule has 0 saturated heterocycles. The lowest BCUT2D eigenvalue weighted by Crippen LogP contribution is -2.25. The first-order valence-corrected chi connectivity index (χ1v) is 9.49. The molecule has 1 amide bonds. The molecule has 1 heterocycles. The van der Waals surface area contributed by atoms with Gasteiger partial charge in [0.1, 0.15) is 18.2 Å². The van der Waals surface area contributed by atoms with E-state index in [-0.39, 0.29) is 5.91 Å². The van der Waals surface area contributed by atoms with E-state index in [0.29, 0.717) is 32.5 Å². The molecule has 3 aromatic rings. The SMILES string of the molecule is CCC(=O)NCCc1nc2ccccc2n1CCOc1cc(C)ccc1C. The highest BCUT2D eigenvalue weighted by Crippen LogP contribution is 2.20. The fourth-order valence-electron chi connectivity index (χ4n) is 3.11. The summed E-state index contributed by atoms with van der Waals surface area (Å²) in [4.78, 5) is 16.2. The smallest absolute Gasteiger partial charge is 0.219 e. The van der Waals surface area contributed by atoms with E-state index in [2.05, 4.69) is 48.0 Å². The number of hydrogen-bond donors (Lipinski definition) is 1. The standard InChI is InChI=1S/C22H27N3O2/c1-4-22(26)23-12-11-21-24-18-7-5-6-8-19(18)25(21)13-14-27-20-15-16(2)9-10-17(20)3/h5-10,15H,4,11-14H2,1-3H3,(H,23,26). The Morgan fingerprint density at radius 1 is 1.19 bits per heavy atom. The number of benzene rings is 2. The number of para-hydroxylation sites is 2. The number of fused-ring (bicyclic) bond motifs is 1. The van der Waals surface area contributed by atoms with Gasteiger partial charge in [0.25, 0.3) is 0 Å². The first-order chi connectivity index (χ1) is 13.1. The Morgan fingerprint density at radius 2 is 2.00 bits per heavy atom. The third kappa shape index (κ3) is 4.67. The van der Waals surface area contributed by atoms with Gasteiger partial charge in [-0.3, -0.25) is 4.79 Å². The minimum absolute atomic E-state index is 0.0657. The molecular weight excluding hydrogens is 338 g/mol. The number of hydrogen-bond acceptors (Lipinski definition) is 3. The van der Waals surface area contributed by atoms with Crippen LogP contribution in [-0.2, 0) is 17.8 Å². The Hall–Kier alpha value is -2.82. The highest BCUT2D eigenvalue weighted by molar-refractivity contribution is 5.76. The number of ether oxygens (including phenoxy) is 1. The van der Waals surface area contributed by atoms with Crippen LogP contribution in [-0.4, -0.2) is 28.6 Å². The third-order valence-electron chi connectivity index (χ3n) is 4.64. The van der Waals surface area contributed by atoms with Crippen LogP contribution in [0.3, 0.4) is 0 Å². The van der Waals surface area contributed by atoms with Crippen LogP contribution < -0.4 is 10.1 Å². The minimum Gasteiger partial charge on any atom is -0.491 e. The van der Waals surface area contributed by atoms with Crippen molar-refractivity contribution in [3.05, 3.63) is 59.4 Å². The van der Waals surface area contributed by atoms with Crippen LogP contribution in [0.1, 0.15) is 30.3 Å². The predicted octanol–water partition coefficient (Wildman–Crippen LogP) is 3.80. The molecule has 0 aliphatic heterocycles. The van der Waals surface area contributed by atoms with E-state index in [4.69, 9.17) is 9.72 Å². The molecule has 5 heteroatoms. The number of amides is 1. The second kappa shape index (κ2) is 8.71. The number of carbonyl (C=O) groups excluding carboxylic acids is 1. The zero-order chi connectivity index (χ0) is 19.2. The molecule has 2 aromatic carbocycles. The summed E-state index contributed by atoms with van der Waals surface area (Å²) in [5.41, 5.74) is 4.40. The van der Waals surface area contributed by atoms with Crippen molar-refractivity contribution in [2.24, 2.45) is 0 Å². The van der Waals surface area contributed by atoms with Gasteiger partial charge in [0.15, 0.2) is 0 Å². The molecule has 5 nitrogen and oxygen atoms in total. The zero-order valence-corrected chi connectivity index (χ0v) is 16.3. The Balaban J connectivity index is 1.72. The topological polar surface area (TPSA) is 56.2 Å². The second-order valence-electron chi connectivity index (χ2n) is 6.74.